The van der Waals surface area contributed by atoms with E-state index in [9.17, 15) is 14.7 Å². The summed E-state index contributed by atoms with van der Waals surface area (Å²) in [5, 5.41) is 21.0. The summed E-state index contributed by atoms with van der Waals surface area (Å²) in [5.41, 5.74) is 1.70. The number of Topliss-reactive ketones (excluding diaryl/α,β-unsaturated/α-hetero) is 1. The van der Waals surface area contributed by atoms with Gasteiger partial charge in [-0.3, -0.25) is 10.1 Å². The Hall–Kier alpha value is -2.94. The molecule has 0 aliphatic carbocycles. The smallest absolute Gasteiger partial charge is 0.412 e. The summed E-state index contributed by atoms with van der Waals surface area (Å²) in [6.45, 7) is 3.63. The number of ketones is 1. The zero-order valence-corrected chi connectivity index (χ0v) is 17.7. The lowest BCUT2D eigenvalue weighted by atomic mass is 10.0. The number of aliphatic hydroxyl groups is 2. The van der Waals surface area contributed by atoms with Crippen LogP contribution in [0.4, 0.5) is 10.5 Å². The van der Waals surface area contributed by atoms with Crippen LogP contribution in [0.25, 0.3) is 0 Å². The van der Waals surface area contributed by atoms with Crippen LogP contribution in [0.5, 0.6) is 5.75 Å². The molecule has 0 saturated heterocycles. The van der Waals surface area contributed by atoms with E-state index < -0.39 is 18.3 Å². The van der Waals surface area contributed by atoms with Gasteiger partial charge < -0.3 is 24.4 Å². The molecule has 3 N–H and O–H groups in total. The Morgan fingerprint density at radius 2 is 1.68 bits per heavy atom. The van der Waals surface area contributed by atoms with Crippen LogP contribution in [-0.4, -0.2) is 54.6 Å². The Morgan fingerprint density at radius 3 is 2.23 bits per heavy atom. The van der Waals surface area contributed by atoms with Gasteiger partial charge in [-0.25, -0.2) is 4.79 Å². The van der Waals surface area contributed by atoms with Crippen molar-refractivity contribution in [2.45, 2.75) is 32.5 Å². The largest absolute Gasteiger partial charge is 0.491 e. The maximum absolute atomic E-state index is 12.6. The number of anilines is 1. The average Bonchev–Trinajstić information content (AvgIpc) is 2.77. The highest BCUT2D eigenvalue weighted by molar-refractivity contribution is 5.95. The zero-order valence-electron chi connectivity index (χ0n) is 17.7. The lowest BCUT2D eigenvalue weighted by molar-refractivity contribution is -0.0484. The molecule has 0 spiro atoms. The van der Waals surface area contributed by atoms with Gasteiger partial charge >= 0.3 is 6.09 Å². The fourth-order valence-electron chi connectivity index (χ4n) is 2.99. The van der Waals surface area contributed by atoms with E-state index in [1.165, 1.54) is 6.92 Å². The molecule has 2 aromatic carbocycles. The number of amides is 1. The molecule has 2 aromatic rings. The lowest BCUT2D eigenvalue weighted by Crippen LogP contribution is -2.29. The van der Waals surface area contributed by atoms with Crippen LogP contribution < -0.4 is 10.1 Å². The van der Waals surface area contributed by atoms with E-state index >= 15 is 0 Å². The van der Waals surface area contributed by atoms with Crippen molar-refractivity contribution in [3.05, 3.63) is 59.7 Å². The van der Waals surface area contributed by atoms with Gasteiger partial charge in [0.05, 0.1) is 6.61 Å². The molecule has 1 amide bonds. The third-order valence-electron chi connectivity index (χ3n) is 4.47. The molecule has 31 heavy (non-hydrogen) atoms. The van der Waals surface area contributed by atoms with E-state index in [0.29, 0.717) is 29.2 Å². The fourth-order valence-corrected chi connectivity index (χ4v) is 2.99. The maximum Gasteiger partial charge on any atom is 0.412 e. The van der Waals surface area contributed by atoms with E-state index in [0.717, 1.165) is 0 Å². The van der Waals surface area contributed by atoms with Crippen LogP contribution >= 0.6 is 0 Å². The minimum absolute atomic E-state index is 0.0656. The fraction of sp³-hybridized carbons (Fsp3) is 0.391. The van der Waals surface area contributed by atoms with E-state index in [1.54, 1.807) is 48.5 Å². The quantitative estimate of drug-likeness (QED) is 0.442. The van der Waals surface area contributed by atoms with Crippen LogP contribution in [0, 0.1) is 0 Å². The molecule has 8 nitrogen and oxygen atoms in total. The van der Waals surface area contributed by atoms with Gasteiger partial charge in [-0.05, 0) is 55.8 Å². The topological polar surface area (TPSA) is 114 Å². The van der Waals surface area contributed by atoms with Crippen molar-refractivity contribution in [1.82, 2.24) is 0 Å². The Labute approximate surface area is 181 Å². The SMILES string of the molecule is CCO[C@@H](CCO)[C@@H](OC(=O)Nc1ccc(C(C)=O)cc1)c1ccc(OCCO)cc1. The number of ether oxygens (including phenoxy) is 3. The minimum atomic E-state index is -0.768. The number of hydrogen-bond donors (Lipinski definition) is 3. The monoisotopic (exact) mass is 431 g/mol. The molecule has 8 heteroatoms. The van der Waals surface area contributed by atoms with Gasteiger partial charge in [-0.2, -0.15) is 0 Å². The summed E-state index contributed by atoms with van der Waals surface area (Å²) < 4.78 is 16.8. The number of carbonyl (C=O) groups is 2. The van der Waals surface area contributed by atoms with Crippen molar-refractivity contribution < 1.29 is 34.0 Å². The first-order valence-electron chi connectivity index (χ1n) is 10.1. The molecule has 2 rings (SSSR count). The molecule has 0 radical (unpaired) electrons. The van der Waals surface area contributed by atoms with Crippen molar-refractivity contribution in [2.75, 3.05) is 31.7 Å². The van der Waals surface area contributed by atoms with Gasteiger partial charge in [0.25, 0.3) is 0 Å². The predicted molar refractivity (Wildman–Crippen MR) is 115 cm³/mol. The number of carbonyl (C=O) groups excluding carboxylic acids is 2. The Morgan fingerprint density at radius 1 is 1.00 bits per heavy atom. The molecule has 0 heterocycles. The van der Waals surface area contributed by atoms with Gasteiger partial charge in [0, 0.05) is 30.9 Å². The van der Waals surface area contributed by atoms with Crippen LogP contribution in [0.15, 0.2) is 48.5 Å². The van der Waals surface area contributed by atoms with Crippen molar-refractivity contribution in [2.24, 2.45) is 0 Å². The van der Waals surface area contributed by atoms with Crippen LogP contribution in [0.2, 0.25) is 0 Å². The molecule has 0 aliphatic rings. The third kappa shape index (κ3) is 7.67. The Kier molecular flexibility index (Phi) is 9.96. The molecule has 0 unspecified atom stereocenters. The number of rotatable bonds is 12. The lowest BCUT2D eigenvalue weighted by Gasteiger charge is -2.27. The molecular formula is C23H29NO7. The van der Waals surface area contributed by atoms with E-state index in [4.69, 9.17) is 19.3 Å². The van der Waals surface area contributed by atoms with Gasteiger partial charge in [0.1, 0.15) is 18.5 Å². The summed E-state index contributed by atoms with van der Waals surface area (Å²) in [7, 11) is 0. The van der Waals surface area contributed by atoms with Crippen molar-refractivity contribution in [3.8, 4) is 5.75 Å². The second-order valence-electron chi connectivity index (χ2n) is 6.73. The van der Waals surface area contributed by atoms with Gasteiger partial charge in [-0.15, -0.1) is 0 Å². The summed E-state index contributed by atoms with van der Waals surface area (Å²) >= 11 is 0. The molecule has 0 fully saturated rings. The predicted octanol–water partition coefficient (Wildman–Crippen LogP) is 3.34. The summed E-state index contributed by atoms with van der Waals surface area (Å²) in [6.07, 6.45) is -1.73. The van der Waals surface area contributed by atoms with Crippen LogP contribution in [-0.2, 0) is 9.47 Å². The number of benzene rings is 2. The van der Waals surface area contributed by atoms with E-state index in [-0.39, 0.29) is 32.0 Å². The van der Waals surface area contributed by atoms with Crippen molar-refractivity contribution in [3.63, 3.8) is 0 Å². The van der Waals surface area contributed by atoms with E-state index in [1.807, 2.05) is 6.92 Å². The summed E-state index contributed by atoms with van der Waals surface area (Å²) in [4.78, 5) is 24.0. The van der Waals surface area contributed by atoms with Gasteiger partial charge in [0.15, 0.2) is 11.9 Å². The highest BCUT2D eigenvalue weighted by Gasteiger charge is 2.27. The van der Waals surface area contributed by atoms with E-state index in [2.05, 4.69) is 5.32 Å². The van der Waals surface area contributed by atoms with Crippen molar-refractivity contribution in [1.29, 1.82) is 0 Å². The second kappa shape index (κ2) is 12.7. The number of aliphatic hydroxyl groups excluding tert-OH is 2. The maximum atomic E-state index is 12.6. The van der Waals surface area contributed by atoms with Crippen LogP contribution in [0.3, 0.4) is 0 Å². The molecule has 0 saturated carbocycles. The first-order valence-corrected chi connectivity index (χ1v) is 10.1. The zero-order chi connectivity index (χ0) is 22.6. The third-order valence-corrected chi connectivity index (χ3v) is 4.47. The molecule has 0 aliphatic heterocycles. The highest BCUT2D eigenvalue weighted by Crippen LogP contribution is 2.28. The normalized spacial score (nSPS) is 12.6. The number of hydrogen-bond acceptors (Lipinski definition) is 7. The van der Waals surface area contributed by atoms with Gasteiger partial charge in [0.2, 0.25) is 0 Å². The molecule has 0 bridgehead atoms. The summed E-state index contributed by atoms with van der Waals surface area (Å²) in [5.74, 6) is 0.505. The molecule has 2 atom stereocenters. The Bertz CT molecular complexity index is 815. The van der Waals surface area contributed by atoms with Gasteiger partial charge in [-0.1, -0.05) is 12.1 Å². The molecule has 0 aromatic heterocycles. The Balaban J connectivity index is 2.17. The number of nitrogens with one attached hydrogen (secondary N) is 1. The molecule has 168 valence electrons. The minimum Gasteiger partial charge on any atom is -0.491 e. The standard InChI is InChI=1S/C23H29NO7/c1-3-29-21(12-13-25)22(18-6-10-20(11-7-18)30-15-14-26)31-23(28)24-19-8-4-17(5-9-19)16(2)27/h4-11,21-22,25-26H,3,12-15H2,1-2H3,(H,24,28)/t21-,22-/m0/s1. The van der Waals surface area contributed by atoms with Crippen LogP contribution in [0.1, 0.15) is 42.3 Å². The average molecular weight is 431 g/mol. The van der Waals surface area contributed by atoms with Crippen molar-refractivity contribution >= 4 is 17.6 Å². The first kappa shape index (κ1) is 24.3. The molecular weight excluding hydrogens is 402 g/mol. The highest BCUT2D eigenvalue weighted by atomic mass is 16.6. The summed E-state index contributed by atoms with van der Waals surface area (Å²) in [6, 6.07) is 13.4. The first-order chi connectivity index (χ1) is 15.0. The second-order valence-corrected chi connectivity index (χ2v) is 6.73.